The molecule has 0 spiro atoms. The molecule has 15 heavy (non-hydrogen) atoms. The summed E-state index contributed by atoms with van der Waals surface area (Å²) in [6, 6.07) is 3.90. The third-order valence-electron chi connectivity index (χ3n) is 2.03. The van der Waals surface area contributed by atoms with Gasteiger partial charge >= 0.3 is 0 Å². The van der Waals surface area contributed by atoms with Gasteiger partial charge in [-0.05, 0) is 32.0 Å². The highest BCUT2D eigenvalue weighted by Crippen LogP contribution is 2.17. The summed E-state index contributed by atoms with van der Waals surface area (Å²) in [4.78, 5) is 4.41. The normalized spacial score (nSPS) is 10.0. The number of aromatic nitrogens is 1. The average Bonchev–Trinajstić information content (AvgIpc) is 2.22. The Hall–Kier alpha value is -1.35. The molecule has 0 saturated carbocycles. The monoisotopic (exact) mass is 206 g/mol. The van der Waals surface area contributed by atoms with Gasteiger partial charge in [-0.3, -0.25) is 4.98 Å². The largest absolute Gasteiger partial charge is 0.491 e. The van der Waals surface area contributed by atoms with E-state index >= 15 is 0 Å². The predicted molar refractivity (Wildman–Crippen MR) is 62.0 cm³/mol. The summed E-state index contributed by atoms with van der Waals surface area (Å²) in [5.41, 5.74) is 7.46. The lowest BCUT2D eigenvalue weighted by Gasteiger charge is -2.09. The van der Waals surface area contributed by atoms with Gasteiger partial charge in [0.2, 0.25) is 0 Å². The van der Waals surface area contributed by atoms with Crippen molar-refractivity contribution in [2.24, 2.45) is 5.73 Å². The minimum atomic E-state index is 0.592. The lowest BCUT2D eigenvalue weighted by atomic mass is 10.2. The van der Waals surface area contributed by atoms with Gasteiger partial charge in [0.15, 0.2) is 0 Å². The Bertz CT molecular complexity index is 323. The van der Waals surface area contributed by atoms with Crippen molar-refractivity contribution < 1.29 is 4.74 Å². The smallest absolute Gasteiger partial charge is 0.140 e. The number of hydrogen-bond acceptors (Lipinski definition) is 3. The molecule has 0 unspecified atom stereocenters. The number of rotatable bonds is 6. The standard InChI is InChI=1S/C12H18N2O/c1-3-4-9-15-12-6-5-10(2)14-11(12)7-8-13/h3,5-6H,1,4,7-9,13H2,2H3. The predicted octanol–water partition coefficient (Wildman–Crippen LogP) is 1.85. The first kappa shape index (κ1) is 11.7. The van der Waals surface area contributed by atoms with E-state index in [1.165, 1.54) is 0 Å². The average molecular weight is 206 g/mol. The van der Waals surface area contributed by atoms with Crippen molar-refractivity contribution in [2.75, 3.05) is 13.2 Å². The molecule has 0 fully saturated rings. The number of nitrogens with zero attached hydrogens (tertiary/aromatic N) is 1. The lowest BCUT2D eigenvalue weighted by molar-refractivity contribution is 0.319. The van der Waals surface area contributed by atoms with E-state index in [1.807, 2.05) is 25.1 Å². The van der Waals surface area contributed by atoms with Crippen LogP contribution in [0.2, 0.25) is 0 Å². The second-order valence-electron chi connectivity index (χ2n) is 3.36. The van der Waals surface area contributed by atoms with E-state index in [1.54, 1.807) is 0 Å². The van der Waals surface area contributed by atoms with Crippen LogP contribution >= 0.6 is 0 Å². The molecule has 1 aromatic rings. The SMILES string of the molecule is C=CCCOc1ccc(C)nc1CCN. The summed E-state index contributed by atoms with van der Waals surface area (Å²) < 4.78 is 5.60. The molecule has 3 nitrogen and oxygen atoms in total. The third kappa shape index (κ3) is 3.72. The first-order valence-electron chi connectivity index (χ1n) is 5.18. The van der Waals surface area contributed by atoms with Crippen molar-refractivity contribution >= 4 is 0 Å². The number of hydrogen-bond donors (Lipinski definition) is 1. The third-order valence-corrected chi connectivity index (χ3v) is 2.03. The van der Waals surface area contributed by atoms with Crippen LogP contribution in [0.5, 0.6) is 5.75 Å². The highest BCUT2D eigenvalue weighted by atomic mass is 16.5. The molecule has 82 valence electrons. The van der Waals surface area contributed by atoms with Crippen LogP contribution in [0.3, 0.4) is 0 Å². The summed E-state index contributed by atoms with van der Waals surface area (Å²) in [6.07, 6.45) is 3.44. The first-order chi connectivity index (χ1) is 7.27. The van der Waals surface area contributed by atoms with Crippen molar-refractivity contribution in [1.82, 2.24) is 4.98 Å². The molecule has 0 atom stereocenters. The molecular formula is C12H18N2O. The van der Waals surface area contributed by atoms with Crippen LogP contribution in [0, 0.1) is 6.92 Å². The van der Waals surface area contributed by atoms with E-state index in [9.17, 15) is 0 Å². The summed E-state index contributed by atoms with van der Waals surface area (Å²) >= 11 is 0. The summed E-state index contributed by atoms with van der Waals surface area (Å²) in [7, 11) is 0. The van der Waals surface area contributed by atoms with Crippen LogP contribution in [0.4, 0.5) is 0 Å². The molecule has 0 saturated heterocycles. The number of aryl methyl sites for hydroxylation is 1. The molecule has 0 bridgehead atoms. The maximum absolute atomic E-state index is 5.60. The lowest BCUT2D eigenvalue weighted by Crippen LogP contribution is -2.08. The van der Waals surface area contributed by atoms with Crippen molar-refractivity contribution in [3.63, 3.8) is 0 Å². The first-order valence-corrected chi connectivity index (χ1v) is 5.18. The molecular weight excluding hydrogens is 188 g/mol. The van der Waals surface area contributed by atoms with Crippen molar-refractivity contribution in [3.8, 4) is 5.75 Å². The molecule has 3 heteroatoms. The number of nitrogens with two attached hydrogens (primary N) is 1. The molecule has 1 heterocycles. The number of pyridine rings is 1. The Morgan fingerprint density at radius 3 is 3.00 bits per heavy atom. The fourth-order valence-corrected chi connectivity index (χ4v) is 1.30. The van der Waals surface area contributed by atoms with Gasteiger partial charge in [0.1, 0.15) is 5.75 Å². The van der Waals surface area contributed by atoms with E-state index < -0.39 is 0 Å². The van der Waals surface area contributed by atoms with Gasteiger partial charge in [-0.1, -0.05) is 6.08 Å². The van der Waals surface area contributed by atoms with Crippen LogP contribution in [0.1, 0.15) is 17.8 Å². The second-order valence-corrected chi connectivity index (χ2v) is 3.36. The zero-order valence-electron chi connectivity index (χ0n) is 9.20. The second kappa shape index (κ2) is 6.19. The van der Waals surface area contributed by atoms with Crippen LogP contribution in [0.15, 0.2) is 24.8 Å². The molecule has 1 rings (SSSR count). The molecule has 0 aliphatic heterocycles. The molecule has 0 amide bonds. The van der Waals surface area contributed by atoms with Crippen LogP contribution < -0.4 is 10.5 Å². The fraction of sp³-hybridized carbons (Fsp3) is 0.417. The Morgan fingerprint density at radius 2 is 2.33 bits per heavy atom. The Balaban J connectivity index is 2.71. The van der Waals surface area contributed by atoms with E-state index in [0.717, 1.165) is 30.0 Å². The van der Waals surface area contributed by atoms with Gasteiger partial charge in [-0.2, -0.15) is 0 Å². The maximum Gasteiger partial charge on any atom is 0.140 e. The zero-order valence-corrected chi connectivity index (χ0v) is 9.20. The molecule has 0 radical (unpaired) electrons. The summed E-state index contributed by atoms with van der Waals surface area (Å²) in [6.45, 7) is 6.85. The van der Waals surface area contributed by atoms with Gasteiger partial charge < -0.3 is 10.5 Å². The van der Waals surface area contributed by atoms with E-state index in [-0.39, 0.29) is 0 Å². The summed E-state index contributed by atoms with van der Waals surface area (Å²) in [5.74, 6) is 0.841. The van der Waals surface area contributed by atoms with Crippen LogP contribution in [0.25, 0.3) is 0 Å². The van der Waals surface area contributed by atoms with Gasteiger partial charge in [0.25, 0.3) is 0 Å². The van der Waals surface area contributed by atoms with Gasteiger partial charge in [-0.15, -0.1) is 6.58 Å². The van der Waals surface area contributed by atoms with Crippen molar-refractivity contribution in [3.05, 3.63) is 36.2 Å². The Morgan fingerprint density at radius 1 is 1.53 bits per heavy atom. The minimum Gasteiger partial charge on any atom is -0.491 e. The topological polar surface area (TPSA) is 48.1 Å². The molecule has 0 aromatic carbocycles. The number of ether oxygens (including phenoxy) is 1. The fourth-order valence-electron chi connectivity index (χ4n) is 1.30. The summed E-state index contributed by atoms with van der Waals surface area (Å²) in [5, 5.41) is 0. The van der Waals surface area contributed by atoms with Gasteiger partial charge in [0, 0.05) is 12.1 Å². The zero-order chi connectivity index (χ0) is 11.1. The minimum absolute atomic E-state index is 0.592. The Kier molecular flexibility index (Phi) is 4.84. The molecule has 2 N–H and O–H groups in total. The van der Waals surface area contributed by atoms with Crippen LogP contribution in [-0.4, -0.2) is 18.1 Å². The van der Waals surface area contributed by atoms with Crippen LogP contribution in [-0.2, 0) is 6.42 Å². The van der Waals surface area contributed by atoms with E-state index in [2.05, 4.69) is 11.6 Å². The van der Waals surface area contributed by atoms with E-state index in [4.69, 9.17) is 10.5 Å². The van der Waals surface area contributed by atoms with E-state index in [0.29, 0.717) is 13.2 Å². The highest BCUT2D eigenvalue weighted by molar-refractivity contribution is 5.29. The molecule has 0 aliphatic rings. The van der Waals surface area contributed by atoms with Crippen molar-refractivity contribution in [1.29, 1.82) is 0 Å². The van der Waals surface area contributed by atoms with Gasteiger partial charge in [0.05, 0.1) is 12.3 Å². The van der Waals surface area contributed by atoms with Crippen molar-refractivity contribution in [2.45, 2.75) is 19.8 Å². The Labute approximate surface area is 91.0 Å². The molecule has 1 aromatic heterocycles. The quantitative estimate of drug-likeness (QED) is 0.570. The molecule has 0 aliphatic carbocycles. The maximum atomic E-state index is 5.60. The van der Waals surface area contributed by atoms with Gasteiger partial charge in [-0.25, -0.2) is 0 Å². The highest BCUT2D eigenvalue weighted by Gasteiger charge is 2.04.